The van der Waals surface area contributed by atoms with Crippen molar-refractivity contribution in [2.45, 2.75) is 34.1 Å². The summed E-state index contributed by atoms with van der Waals surface area (Å²) in [5, 5.41) is 12.8. The average molecular weight is 520 g/mol. The Morgan fingerprint density at radius 2 is 1.82 bits per heavy atom. The Morgan fingerprint density at radius 1 is 0.974 bits per heavy atom. The summed E-state index contributed by atoms with van der Waals surface area (Å²) < 4.78 is 0. The molecule has 0 radical (unpaired) electrons. The number of aromatic nitrogens is 4. The highest BCUT2D eigenvalue weighted by atomic mass is 32.1. The molecule has 6 rings (SSSR count). The van der Waals surface area contributed by atoms with E-state index in [2.05, 4.69) is 95.6 Å². The molecule has 6 nitrogen and oxygen atoms in total. The molecule has 0 aliphatic carbocycles. The van der Waals surface area contributed by atoms with Crippen LogP contribution in [0.15, 0.2) is 72.9 Å². The van der Waals surface area contributed by atoms with Crippen LogP contribution in [0.4, 0.5) is 5.69 Å². The topological polar surface area (TPSA) is 86.5 Å². The molecule has 3 N–H and O–H groups in total. The van der Waals surface area contributed by atoms with Crippen LogP contribution in [-0.2, 0) is 4.79 Å². The summed E-state index contributed by atoms with van der Waals surface area (Å²) >= 11 is 1.80. The minimum absolute atomic E-state index is 0.0104. The molecule has 0 saturated heterocycles. The first-order valence-corrected chi connectivity index (χ1v) is 13.5. The molecule has 0 bridgehead atoms. The highest BCUT2D eigenvalue weighted by Gasteiger charge is 2.17. The molecular formula is C31H29N5OS. The number of thiophene rings is 1. The number of H-pyrrole nitrogens is 2. The highest BCUT2D eigenvalue weighted by molar-refractivity contribution is 7.15. The number of hydrogen-bond acceptors (Lipinski definition) is 4. The fourth-order valence-electron chi connectivity index (χ4n) is 4.81. The van der Waals surface area contributed by atoms with E-state index in [1.807, 2.05) is 30.5 Å². The van der Waals surface area contributed by atoms with Gasteiger partial charge in [-0.2, -0.15) is 5.10 Å². The number of fused-ring (bicyclic) bond motifs is 2. The molecule has 4 aromatic heterocycles. The number of amides is 1. The van der Waals surface area contributed by atoms with E-state index in [0.29, 0.717) is 12.1 Å². The third-order valence-electron chi connectivity index (χ3n) is 6.52. The molecule has 0 saturated carbocycles. The van der Waals surface area contributed by atoms with Crippen LogP contribution in [0, 0.1) is 12.3 Å². The second kappa shape index (κ2) is 9.26. The smallest absolute Gasteiger partial charge is 0.224 e. The number of hydrogen-bond donors (Lipinski definition) is 3. The van der Waals surface area contributed by atoms with Gasteiger partial charge in [0.2, 0.25) is 5.91 Å². The number of nitrogens with one attached hydrogen (secondary N) is 3. The molecular weight excluding hydrogens is 490 g/mol. The second-order valence-corrected chi connectivity index (χ2v) is 12.2. The third-order valence-corrected chi connectivity index (χ3v) is 7.55. The van der Waals surface area contributed by atoms with Crippen molar-refractivity contribution in [3.05, 3.63) is 77.8 Å². The fraction of sp³-hybridized carbons (Fsp3) is 0.194. The Morgan fingerprint density at radius 3 is 2.61 bits per heavy atom. The number of aryl methyl sites for hydroxylation is 1. The molecule has 0 aliphatic rings. The van der Waals surface area contributed by atoms with E-state index in [4.69, 9.17) is 0 Å². The average Bonchev–Trinajstić information content (AvgIpc) is 3.60. The Kier molecular flexibility index (Phi) is 5.88. The minimum Gasteiger partial charge on any atom is -0.353 e. The lowest BCUT2D eigenvalue weighted by molar-refractivity contribution is -0.117. The van der Waals surface area contributed by atoms with Gasteiger partial charge in [0.25, 0.3) is 0 Å². The molecule has 0 spiro atoms. The number of rotatable bonds is 5. The zero-order chi connectivity index (χ0) is 26.4. The number of aromatic amines is 2. The first-order chi connectivity index (χ1) is 18.2. The summed E-state index contributed by atoms with van der Waals surface area (Å²) in [6.45, 7) is 8.31. The van der Waals surface area contributed by atoms with Gasteiger partial charge in [0.05, 0.1) is 11.4 Å². The van der Waals surface area contributed by atoms with Crippen LogP contribution in [-0.4, -0.2) is 26.1 Å². The summed E-state index contributed by atoms with van der Waals surface area (Å²) in [6.07, 6.45) is 2.28. The zero-order valence-corrected chi connectivity index (χ0v) is 22.7. The van der Waals surface area contributed by atoms with Gasteiger partial charge < -0.3 is 10.3 Å². The number of anilines is 1. The van der Waals surface area contributed by atoms with E-state index in [1.54, 1.807) is 11.3 Å². The van der Waals surface area contributed by atoms with Gasteiger partial charge in [-0.1, -0.05) is 45.0 Å². The maximum atomic E-state index is 12.5. The first kappa shape index (κ1) is 24.1. The SMILES string of the molecule is Cc1ccc(-c2cccc3[nH]c(-c4[nH]nc5ncc(-c6cccc(NC(=O)CC(C)(C)C)c6)cc45)cc23)s1. The first-order valence-electron chi connectivity index (χ1n) is 12.7. The van der Waals surface area contributed by atoms with Crippen LogP contribution in [0.3, 0.4) is 0 Å². The van der Waals surface area contributed by atoms with Gasteiger partial charge in [-0.3, -0.25) is 9.89 Å². The molecule has 0 fully saturated rings. The summed E-state index contributed by atoms with van der Waals surface area (Å²) in [5.74, 6) is 0.0104. The van der Waals surface area contributed by atoms with E-state index in [9.17, 15) is 4.79 Å². The van der Waals surface area contributed by atoms with Crippen molar-refractivity contribution >= 4 is 44.9 Å². The third kappa shape index (κ3) is 4.73. The maximum Gasteiger partial charge on any atom is 0.224 e. The highest BCUT2D eigenvalue weighted by Crippen LogP contribution is 2.37. The van der Waals surface area contributed by atoms with Crippen molar-refractivity contribution in [2.24, 2.45) is 5.41 Å². The number of pyridine rings is 1. The zero-order valence-electron chi connectivity index (χ0n) is 21.8. The monoisotopic (exact) mass is 519 g/mol. The van der Waals surface area contributed by atoms with Crippen molar-refractivity contribution < 1.29 is 4.79 Å². The van der Waals surface area contributed by atoms with Crippen molar-refractivity contribution in [2.75, 3.05) is 5.32 Å². The maximum absolute atomic E-state index is 12.5. The van der Waals surface area contributed by atoms with Crippen molar-refractivity contribution in [3.8, 4) is 33.0 Å². The van der Waals surface area contributed by atoms with Crippen LogP contribution in [0.2, 0.25) is 0 Å². The van der Waals surface area contributed by atoms with Gasteiger partial charge in [-0.05, 0) is 60.4 Å². The Hall–Kier alpha value is -4.23. The van der Waals surface area contributed by atoms with Gasteiger partial charge in [0.15, 0.2) is 5.65 Å². The quantitative estimate of drug-likeness (QED) is 0.215. The van der Waals surface area contributed by atoms with Crippen LogP contribution < -0.4 is 5.32 Å². The van der Waals surface area contributed by atoms with Gasteiger partial charge in [0, 0.05) is 55.5 Å². The van der Waals surface area contributed by atoms with Gasteiger partial charge in [0.1, 0.15) is 0 Å². The van der Waals surface area contributed by atoms with E-state index in [0.717, 1.165) is 39.1 Å². The number of nitrogens with zero attached hydrogens (tertiary/aromatic N) is 2. The largest absolute Gasteiger partial charge is 0.353 e. The lowest BCUT2D eigenvalue weighted by atomic mass is 9.92. The van der Waals surface area contributed by atoms with Crippen LogP contribution >= 0.6 is 11.3 Å². The summed E-state index contributed by atoms with van der Waals surface area (Å²) in [5.41, 5.74) is 7.46. The number of benzene rings is 2. The van der Waals surface area contributed by atoms with Crippen molar-refractivity contribution in [1.29, 1.82) is 0 Å². The van der Waals surface area contributed by atoms with Crippen molar-refractivity contribution in [3.63, 3.8) is 0 Å². The Labute approximate surface area is 225 Å². The fourth-order valence-corrected chi connectivity index (χ4v) is 5.72. The Balaban J connectivity index is 1.36. The van der Waals surface area contributed by atoms with Gasteiger partial charge in [-0.15, -0.1) is 11.3 Å². The molecule has 6 aromatic rings. The van der Waals surface area contributed by atoms with Gasteiger partial charge >= 0.3 is 0 Å². The molecule has 0 atom stereocenters. The Bertz CT molecular complexity index is 1800. The number of carbonyl (C=O) groups is 1. The molecule has 4 heterocycles. The molecule has 0 unspecified atom stereocenters. The van der Waals surface area contributed by atoms with E-state index >= 15 is 0 Å². The lowest BCUT2D eigenvalue weighted by Gasteiger charge is -2.17. The van der Waals surface area contributed by atoms with Crippen LogP contribution in [0.25, 0.3) is 54.9 Å². The van der Waals surface area contributed by atoms with E-state index < -0.39 is 0 Å². The summed E-state index contributed by atoms with van der Waals surface area (Å²) in [4.78, 5) is 23.2. The molecule has 2 aromatic carbocycles. The van der Waals surface area contributed by atoms with Crippen LogP contribution in [0.5, 0.6) is 0 Å². The molecule has 1 amide bonds. The normalized spacial score (nSPS) is 11.9. The minimum atomic E-state index is -0.0690. The molecule has 7 heteroatoms. The summed E-state index contributed by atoms with van der Waals surface area (Å²) in [7, 11) is 0. The van der Waals surface area contributed by atoms with Crippen LogP contribution in [0.1, 0.15) is 32.1 Å². The molecule has 38 heavy (non-hydrogen) atoms. The predicted molar refractivity (Wildman–Crippen MR) is 157 cm³/mol. The predicted octanol–water partition coefficient (Wildman–Crippen LogP) is 8.18. The standard InChI is InChI=1S/C31H29N5OS/c1-18-11-12-27(38-18)22-9-6-10-25-23(22)15-26(34-25)29-24-14-20(17-32-30(24)36-35-29)19-7-5-8-21(13-19)33-28(37)16-31(2,3)4/h5-15,17,34H,16H2,1-4H3,(H,33,37)(H,32,35,36). The van der Waals surface area contributed by atoms with E-state index in [-0.39, 0.29) is 11.3 Å². The van der Waals surface area contributed by atoms with Crippen molar-refractivity contribution in [1.82, 2.24) is 20.2 Å². The van der Waals surface area contributed by atoms with Gasteiger partial charge in [-0.25, -0.2) is 4.98 Å². The molecule has 190 valence electrons. The second-order valence-electron chi connectivity index (χ2n) is 10.9. The summed E-state index contributed by atoms with van der Waals surface area (Å²) in [6, 6.07) is 22.9. The molecule has 0 aliphatic heterocycles. The van der Waals surface area contributed by atoms with E-state index in [1.165, 1.54) is 20.7 Å². The lowest BCUT2D eigenvalue weighted by Crippen LogP contribution is -2.19. The number of carbonyl (C=O) groups excluding carboxylic acids is 1.